The zero-order valence-corrected chi connectivity index (χ0v) is 8.34. The van der Waals surface area contributed by atoms with Crippen LogP contribution in [0.15, 0.2) is 6.33 Å². The van der Waals surface area contributed by atoms with Crippen molar-refractivity contribution < 1.29 is 9.72 Å². The highest BCUT2D eigenvalue weighted by Crippen LogP contribution is 2.26. The van der Waals surface area contributed by atoms with E-state index in [1.54, 1.807) is 11.5 Å². The van der Waals surface area contributed by atoms with Gasteiger partial charge >= 0.3 is 5.82 Å². The Kier molecular flexibility index (Phi) is 2.26. The number of nitrogens with zero attached hydrogens (tertiary/aromatic N) is 3. The minimum Gasteiger partial charge on any atom is -0.358 e. The molecule has 6 nitrogen and oxygen atoms in total. The average Bonchev–Trinajstić information content (AvgIpc) is 2.59. The summed E-state index contributed by atoms with van der Waals surface area (Å²) in [4.78, 5) is 25.1. The molecule has 1 unspecified atom stereocenters. The maximum absolute atomic E-state index is 11.2. The molecule has 1 aliphatic heterocycles. The summed E-state index contributed by atoms with van der Waals surface area (Å²) in [5.41, 5.74) is 0.637. The van der Waals surface area contributed by atoms with Crippen LogP contribution in [0.1, 0.15) is 19.0 Å². The minimum atomic E-state index is -0.472. The fourth-order valence-corrected chi connectivity index (χ4v) is 1.93. The van der Waals surface area contributed by atoms with E-state index >= 15 is 0 Å². The molecule has 0 N–H and O–H groups in total. The van der Waals surface area contributed by atoms with Crippen LogP contribution in [0.4, 0.5) is 5.82 Å². The number of Topliss-reactive ketones (excluding diaryl/α,β-unsaturated/α-hetero) is 1. The zero-order valence-electron chi connectivity index (χ0n) is 8.34. The van der Waals surface area contributed by atoms with Gasteiger partial charge in [0.15, 0.2) is 0 Å². The van der Waals surface area contributed by atoms with Crippen molar-refractivity contribution in [3.05, 3.63) is 22.1 Å². The Balaban J connectivity index is 2.30. The van der Waals surface area contributed by atoms with E-state index in [1.165, 1.54) is 6.33 Å². The van der Waals surface area contributed by atoms with Crippen LogP contribution in [0.3, 0.4) is 0 Å². The van der Waals surface area contributed by atoms with Crippen molar-refractivity contribution in [2.45, 2.75) is 26.3 Å². The molecule has 0 aromatic carbocycles. The van der Waals surface area contributed by atoms with Crippen molar-refractivity contribution >= 4 is 11.6 Å². The first-order valence-corrected chi connectivity index (χ1v) is 4.78. The van der Waals surface area contributed by atoms with Gasteiger partial charge in [0, 0.05) is 12.5 Å². The van der Waals surface area contributed by atoms with E-state index < -0.39 is 4.92 Å². The number of ketones is 1. The second kappa shape index (κ2) is 3.45. The first-order chi connectivity index (χ1) is 7.09. The molecule has 6 heteroatoms. The lowest BCUT2D eigenvalue weighted by atomic mass is 9.94. The van der Waals surface area contributed by atoms with Crippen LogP contribution < -0.4 is 0 Å². The van der Waals surface area contributed by atoms with Crippen molar-refractivity contribution in [1.82, 2.24) is 9.55 Å². The van der Waals surface area contributed by atoms with Crippen LogP contribution in [0.5, 0.6) is 0 Å². The number of hydrogen-bond donors (Lipinski definition) is 0. The molecule has 0 amide bonds. The van der Waals surface area contributed by atoms with E-state index in [-0.39, 0.29) is 17.5 Å². The average molecular weight is 209 g/mol. The quantitative estimate of drug-likeness (QED) is 0.536. The van der Waals surface area contributed by atoms with Crippen LogP contribution in [0.25, 0.3) is 0 Å². The molecule has 0 fully saturated rings. The molecular weight excluding hydrogens is 198 g/mol. The van der Waals surface area contributed by atoms with Crippen LogP contribution in [0, 0.1) is 16.0 Å². The highest BCUT2D eigenvalue weighted by atomic mass is 16.6. The topological polar surface area (TPSA) is 78.0 Å². The Morgan fingerprint density at radius 2 is 2.47 bits per heavy atom. The smallest absolute Gasteiger partial charge is 0.358 e. The van der Waals surface area contributed by atoms with Crippen molar-refractivity contribution in [3.63, 3.8) is 0 Å². The zero-order chi connectivity index (χ0) is 11.0. The van der Waals surface area contributed by atoms with Gasteiger partial charge in [-0.3, -0.25) is 4.79 Å². The van der Waals surface area contributed by atoms with Gasteiger partial charge in [-0.25, -0.2) is 0 Å². The van der Waals surface area contributed by atoms with Crippen LogP contribution in [0.2, 0.25) is 0 Å². The van der Waals surface area contributed by atoms with Crippen molar-refractivity contribution in [2.75, 3.05) is 0 Å². The number of hydrogen-bond acceptors (Lipinski definition) is 4. The second-order valence-corrected chi connectivity index (χ2v) is 3.77. The summed E-state index contributed by atoms with van der Waals surface area (Å²) in [6.07, 6.45) is 2.69. The lowest BCUT2D eigenvalue weighted by Crippen LogP contribution is -2.24. The number of imidazole rings is 1. The summed E-state index contributed by atoms with van der Waals surface area (Å²) >= 11 is 0. The van der Waals surface area contributed by atoms with Gasteiger partial charge in [0.25, 0.3) is 0 Å². The van der Waals surface area contributed by atoms with Gasteiger partial charge in [-0.15, -0.1) is 0 Å². The first-order valence-electron chi connectivity index (χ1n) is 4.78. The van der Waals surface area contributed by atoms with E-state index in [4.69, 9.17) is 0 Å². The summed E-state index contributed by atoms with van der Waals surface area (Å²) in [7, 11) is 0. The van der Waals surface area contributed by atoms with Crippen LogP contribution in [-0.4, -0.2) is 20.3 Å². The molecule has 2 heterocycles. The predicted octanol–water partition coefficient (Wildman–Crippen LogP) is 0.943. The Morgan fingerprint density at radius 3 is 3.07 bits per heavy atom. The molecule has 0 saturated carbocycles. The highest BCUT2D eigenvalue weighted by molar-refractivity contribution is 5.78. The van der Waals surface area contributed by atoms with Crippen molar-refractivity contribution in [3.8, 4) is 0 Å². The minimum absolute atomic E-state index is 0.0219. The molecule has 1 aromatic heterocycles. The van der Waals surface area contributed by atoms with Gasteiger partial charge in [0.2, 0.25) is 6.33 Å². The number of aromatic nitrogens is 2. The van der Waals surface area contributed by atoms with Gasteiger partial charge in [-0.1, -0.05) is 0 Å². The molecule has 2 rings (SSSR count). The molecule has 0 saturated heterocycles. The maximum atomic E-state index is 11.2. The van der Waals surface area contributed by atoms with E-state index in [9.17, 15) is 14.9 Å². The lowest BCUT2D eigenvalue weighted by Gasteiger charge is -2.20. The number of fused-ring (bicyclic) bond motifs is 1. The normalized spacial score (nSPS) is 19.7. The van der Waals surface area contributed by atoms with Gasteiger partial charge in [-0.05, 0) is 29.7 Å². The van der Waals surface area contributed by atoms with Gasteiger partial charge < -0.3 is 14.7 Å². The highest BCUT2D eigenvalue weighted by Gasteiger charge is 2.29. The Hall–Kier alpha value is -1.72. The summed E-state index contributed by atoms with van der Waals surface area (Å²) in [6.45, 7) is 2.08. The summed E-state index contributed by atoms with van der Waals surface area (Å²) in [5, 5.41) is 10.6. The van der Waals surface area contributed by atoms with Crippen molar-refractivity contribution in [1.29, 1.82) is 0 Å². The monoisotopic (exact) mass is 209 g/mol. The number of nitro groups is 1. The third kappa shape index (κ3) is 1.62. The third-order valence-corrected chi connectivity index (χ3v) is 2.82. The largest absolute Gasteiger partial charge is 0.384 e. The summed E-state index contributed by atoms with van der Waals surface area (Å²) in [5.74, 6) is 0.0420. The molecule has 0 aliphatic carbocycles. The van der Waals surface area contributed by atoms with Gasteiger partial charge in [0.05, 0.1) is 0 Å². The fraction of sp³-hybridized carbons (Fsp3) is 0.556. The molecule has 0 radical (unpaired) electrons. The third-order valence-electron chi connectivity index (χ3n) is 2.82. The molecule has 1 aromatic rings. The van der Waals surface area contributed by atoms with E-state index in [0.29, 0.717) is 25.1 Å². The Bertz CT molecular complexity index is 424. The van der Waals surface area contributed by atoms with E-state index in [2.05, 4.69) is 4.98 Å². The molecule has 1 atom stereocenters. The second-order valence-electron chi connectivity index (χ2n) is 3.77. The van der Waals surface area contributed by atoms with E-state index in [0.717, 1.165) is 0 Å². The van der Waals surface area contributed by atoms with Gasteiger partial charge in [-0.2, -0.15) is 0 Å². The van der Waals surface area contributed by atoms with Gasteiger partial charge in [0.1, 0.15) is 11.5 Å². The Morgan fingerprint density at radius 1 is 1.73 bits per heavy atom. The summed E-state index contributed by atoms with van der Waals surface area (Å²) in [6, 6.07) is 0. The predicted molar refractivity (Wildman–Crippen MR) is 51.4 cm³/mol. The SMILES string of the molecule is CC(=O)C1CCc2c([N+](=O)[O-])ncn2C1. The summed E-state index contributed by atoms with van der Waals surface area (Å²) < 4.78 is 1.72. The van der Waals surface area contributed by atoms with Crippen molar-refractivity contribution in [2.24, 2.45) is 5.92 Å². The number of carbonyl (C=O) groups is 1. The molecule has 0 bridgehead atoms. The number of carbonyl (C=O) groups excluding carboxylic acids is 1. The standard InChI is InChI=1S/C9H11N3O3/c1-6(13)7-2-3-8-9(12(14)15)10-5-11(8)4-7/h5,7H,2-4H2,1H3. The Labute approximate surface area is 86.1 Å². The molecule has 15 heavy (non-hydrogen) atoms. The fourth-order valence-electron chi connectivity index (χ4n) is 1.93. The lowest BCUT2D eigenvalue weighted by molar-refractivity contribution is -0.390. The first kappa shape index (κ1) is 9.82. The maximum Gasteiger partial charge on any atom is 0.384 e. The van der Waals surface area contributed by atoms with E-state index in [1.807, 2.05) is 0 Å². The van der Waals surface area contributed by atoms with Crippen LogP contribution >= 0.6 is 0 Å². The molecular formula is C9H11N3O3. The molecule has 1 aliphatic rings. The van der Waals surface area contributed by atoms with Crippen LogP contribution in [-0.2, 0) is 17.8 Å². The number of rotatable bonds is 2. The molecule has 0 spiro atoms. The molecule has 80 valence electrons.